The first-order valence-electron chi connectivity index (χ1n) is 11.5. The molecule has 0 saturated heterocycles. The standard InChI is InChI=1S/C26H26F8N2O2/c1-25(2,3)23(37)35-7-11-15(27)19(31)13(20(32)16(11)28)9-36(24(38)26(4,5)6)10-14-21(33)17(29)12(8-35)18(30)22(14)34/h7-10H2,1-6H3. The maximum Gasteiger partial charge on any atom is 0.228 e. The van der Waals surface area contributed by atoms with Crippen LogP contribution in [0.2, 0.25) is 0 Å². The molecule has 0 spiro atoms. The highest BCUT2D eigenvalue weighted by atomic mass is 19.2. The van der Waals surface area contributed by atoms with Crippen LogP contribution >= 0.6 is 0 Å². The van der Waals surface area contributed by atoms with Gasteiger partial charge in [0.2, 0.25) is 11.8 Å². The Morgan fingerprint density at radius 2 is 0.605 bits per heavy atom. The van der Waals surface area contributed by atoms with E-state index in [2.05, 4.69) is 0 Å². The van der Waals surface area contributed by atoms with Gasteiger partial charge in [-0.2, -0.15) is 0 Å². The first-order valence-corrected chi connectivity index (χ1v) is 11.5. The molecular weight excluding hydrogens is 524 g/mol. The summed E-state index contributed by atoms with van der Waals surface area (Å²) in [4.78, 5) is 26.9. The highest BCUT2D eigenvalue weighted by Gasteiger charge is 2.37. The quantitative estimate of drug-likeness (QED) is 0.287. The number of carbonyl (C=O) groups excluding carboxylic acids is 2. The van der Waals surface area contributed by atoms with Crippen molar-refractivity contribution in [2.45, 2.75) is 67.7 Å². The van der Waals surface area contributed by atoms with Crippen molar-refractivity contribution < 1.29 is 44.7 Å². The van der Waals surface area contributed by atoms with Gasteiger partial charge in [0.1, 0.15) is 0 Å². The maximum atomic E-state index is 15.1. The normalized spacial score (nSPS) is 14.8. The van der Waals surface area contributed by atoms with E-state index < -0.39 is 118 Å². The summed E-state index contributed by atoms with van der Waals surface area (Å²) in [6.45, 7) is 3.15. The zero-order chi connectivity index (χ0) is 29.1. The highest BCUT2D eigenvalue weighted by molar-refractivity contribution is 5.82. The van der Waals surface area contributed by atoms with Crippen LogP contribution in [-0.2, 0) is 35.8 Å². The van der Waals surface area contributed by atoms with E-state index in [0.717, 1.165) is 0 Å². The van der Waals surface area contributed by atoms with Crippen LogP contribution in [-0.4, -0.2) is 21.6 Å². The Labute approximate surface area is 214 Å². The van der Waals surface area contributed by atoms with Crippen LogP contribution in [0.5, 0.6) is 0 Å². The van der Waals surface area contributed by atoms with Crippen LogP contribution in [0.25, 0.3) is 0 Å². The number of amides is 2. The van der Waals surface area contributed by atoms with Crippen molar-refractivity contribution in [3.05, 3.63) is 68.8 Å². The number of carbonyl (C=O) groups is 2. The maximum absolute atomic E-state index is 15.1. The highest BCUT2D eigenvalue weighted by Crippen LogP contribution is 2.34. The van der Waals surface area contributed by atoms with Gasteiger partial charge in [-0.05, 0) is 0 Å². The van der Waals surface area contributed by atoms with Gasteiger partial charge >= 0.3 is 0 Å². The molecule has 2 amide bonds. The van der Waals surface area contributed by atoms with Crippen molar-refractivity contribution in [2.75, 3.05) is 0 Å². The summed E-state index contributed by atoms with van der Waals surface area (Å²) in [6.07, 6.45) is 0. The molecule has 4 heterocycles. The van der Waals surface area contributed by atoms with Crippen LogP contribution in [0.4, 0.5) is 35.1 Å². The molecule has 208 valence electrons. The van der Waals surface area contributed by atoms with E-state index in [0.29, 0.717) is 9.80 Å². The number of nitrogens with zero attached hydrogens (tertiary/aromatic N) is 2. The number of benzene rings is 2. The zero-order valence-electron chi connectivity index (χ0n) is 21.6. The molecule has 0 aromatic heterocycles. The van der Waals surface area contributed by atoms with Crippen LogP contribution in [0, 0.1) is 57.4 Å². The fraction of sp³-hybridized carbons (Fsp3) is 0.462. The number of hydrogen-bond donors (Lipinski definition) is 0. The predicted molar refractivity (Wildman–Crippen MR) is 120 cm³/mol. The second-order valence-corrected chi connectivity index (χ2v) is 11.2. The molecule has 0 saturated carbocycles. The smallest absolute Gasteiger partial charge is 0.228 e. The van der Waals surface area contributed by atoms with E-state index in [4.69, 9.17) is 0 Å². The number of hydrogen-bond acceptors (Lipinski definition) is 2. The van der Waals surface area contributed by atoms with Gasteiger partial charge in [-0.15, -0.1) is 0 Å². The Bertz CT molecular complexity index is 1090. The third-order valence-corrected chi connectivity index (χ3v) is 6.14. The van der Waals surface area contributed by atoms with Gasteiger partial charge in [0.05, 0.1) is 26.2 Å². The minimum Gasteiger partial charge on any atom is -0.333 e. The molecule has 0 unspecified atom stereocenters. The first kappa shape index (κ1) is 29.4. The second-order valence-electron chi connectivity index (χ2n) is 11.2. The molecule has 4 aliphatic rings. The van der Waals surface area contributed by atoms with Crippen LogP contribution < -0.4 is 0 Å². The summed E-state index contributed by atoms with van der Waals surface area (Å²) in [7, 11) is 0. The van der Waals surface area contributed by atoms with Gasteiger partial charge in [0.15, 0.2) is 46.5 Å². The molecule has 12 heteroatoms. The topological polar surface area (TPSA) is 40.6 Å². The van der Waals surface area contributed by atoms with Crippen molar-refractivity contribution in [1.82, 2.24) is 9.80 Å². The molecule has 2 aromatic carbocycles. The molecule has 0 N–H and O–H groups in total. The molecule has 4 bridgehead atoms. The first-order chi connectivity index (χ1) is 17.3. The van der Waals surface area contributed by atoms with Crippen molar-refractivity contribution in [2.24, 2.45) is 10.8 Å². The summed E-state index contributed by atoms with van der Waals surface area (Å²) in [6, 6.07) is 0. The van der Waals surface area contributed by atoms with E-state index in [9.17, 15) is 9.59 Å². The molecule has 0 fully saturated rings. The lowest BCUT2D eigenvalue weighted by Gasteiger charge is -2.33. The fourth-order valence-electron chi connectivity index (χ4n) is 4.11. The van der Waals surface area contributed by atoms with Crippen LogP contribution in [0.3, 0.4) is 0 Å². The van der Waals surface area contributed by atoms with Gasteiger partial charge in [-0.1, -0.05) is 41.5 Å². The van der Waals surface area contributed by atoms with E-state index in [-0.39, 0.29) is 0 Å². The molecular formula is C26H26F8N2O2. The lowest BCUT2D eigenvalue weighted by molar-refractivity contribution is -0.141. The Balaban J connectivity index is 2.40. The van der Waals surface area contributed by atoms with E-state index in [1.165, 1.54) is 41.5 Å². The Morgan fingerprint density at radius 1 is 0.447 bits per heavy atom. The Kier molecular flexibility index (Phi) is 7.61. The minimum absolute atomic E-state index is 0.446. The largest absolute Gasteiger partial charge is 0.333 e. The monoisotopic (exact) mass is 550 g/mol. The molecule has 0 atom stereocenters. The molecule has 2 aromatic rings. The van der Waals surface area contributed by atoms with Gasteiger partial charge in [0, 0.05) is 33.1 Å². The number of halogens is 8. The Hall–Kier alpha value is -3.18. The van der Waals surface area contributed by atoms with E-state index in [1.807, 2.05) is 0 Å². The lowest BCUT2D eigenvalue weighted by Crippen LogP contribution is -2.41. The van der Waals surface area contributed by atoms with Gasteiger partial charge < -0.3 is 9.80 Å². The van der Waals surface area contributed by atoms with E-state index >= 15 is 35.1 Å². The van der Waals surface area contributed by atoms with Gasteiger partial charge in [0.25, 0.3) is 0 Å². The fourth-order valence-corrected chi connectivity index (χ4v) is 4.11. The summed E-state index contributed by atoms with van der Waals surface area (Å²) in [5.41, 5.74) is -7.83. The van der Waals surface area contributed by atoms with Crippen molar-refractivity contribution >= 4 is 11.8 Å². The van der Waals surface area contributed by atoms with Gasteiger partial charge in [-0.3, -0.25) is 9.59 Å². The second kappa shape index (κ2) is 9.85. The SMILES string of the molecule is CC(C)(C)C(=O)N1Cc2c(F)c(F)c(c(F)c2F)CN(C(=O)C(C)(C)C)Cc2c(F)c(F)c(c(F)c2F)C1. The third kappa shape index (κ3) is 5.09. The van der Waals surface area contributed by atoms with Crippen molar-refractivity contribution in [3.8, 4) is 0 Å². The lowest BCUT2D eigenvalue weighted by atomic mass is 9.92. The molecule has 38 heavy (non-hydrogen) atoms. The predicted octanol–water partition coefficient (Wildman–Crippen LogP) is 6.26. The van der Waals surface area contributed by atoms with Crippen molar-refractivity contribution in [1.29, 1.82) is 0 Å². The molecule has 0 aliphatic carbocycles. The zero-order valence-corrected chi connectivity index (χ0v) is 21.6. The summed E-state index contributed by atoms with van der Waals surface area (Å²) in [5, 5.41) is 0. The average Bonchev–Trinajstić information content (AvgIpc) is 2.82. The summed E-state index contributed by atoms with van der Waals surface area (Å²) >= 11 is 0. The summed E-state index contributed by atoms with van der Waals surface area (Å²) in [5.74, 6) is -17.1. The number of rotatable bonds is 0. The minimum atomic E-state index is -1.89. The molecule has 4 aliphatic heterocycles. The third-order valence-electron chi connectivity index (χ3n) is 6.14. The summed E-state index contributed by atoms with van der Waals surface area (Å²) < 4.78 is 121. The average molecular weight is 550 g/mol. The molecule has 4 nitrogen and oxygen atoms in total. The Morgan fingerprint density at radius 3 is 0.737 bits per heavy atom. The molecule has 0 radical (unpaired) electrons. The van der Waals surface area contributed by atoms with Gasteiger partial charge in [-0.25, -0.2) is 35.1 Å². The van der Waals surface area contributed by atoms with Crippen LogP contribution in [0.1, 0.15) is 63.8 Å². The molecule has 6 rings (SSSR count). The van der Waals surface area contributed by atoms with Crippen LogP contribution in [0.15, 0.2) is 0 Å². The van der Waals surface area contributed by atoms with Crippen molar-refractivity contribution in [3.63, 3.8) is 0 Å². The van der Waals surface area contributed by atoms with E-state index in [1.54, 1.807) is 0 Å².